The lowest BCUT2D eigenvalue weighted by molar-refractivity contribution is 0.241. The van der Waals surface area contributed by atoms with Crippen LogP contribution in [-0.2, 0) is 0 Å². The molecule has 0 amide bonds. The summed E-state index contributed by atoms with van der Waals surface area (Å²) in [6.07, 6.45) is 4.04. The third-order valence-electron chi connectivity index (χ3n) is 2.22. The van der Waals surface area contributed by atoms with Gasteiger partial charge in [-0.2, -0.15) is 4.98 Å². The smallest absolute Gasteiger partial charge is 0.232 e. The number of hydrogen-bond donors (Lipinski definition) is 1. The minimum atomic E-state index is 0.546. The lowest BCUT2D eigenvalue weighted by Gasteiger charge is -2.12. The van der Waals surface area contributed by atoms with Crippen LogP contribution in [0.1, 0.15) is 26.7 Å². The van der Waals surface area contributed by atoms with Gasteiger partial charge >= 0.3 is 0 Å². The van der Waals surface area contributed by atoms with Crippen molar-refractivity contribution in [2.45, 2.75) is 26.7 Å². The average Bonchev–Trinajstić information content (AvgIpc) is 2.28. The number of nitrogens with one attached hydrogen (secondary N) is 1. The number of nitrogens with zero attached hydrogens (tertiary/aromatic N) is 2. The highest BCUT2D eigenvalue weighted by molar-refractivity contribution is 9.10. The fraction of sp³-hybridized carbons (Fsp3) is 0.636. The number of halogens is 1. The summed E-state index contributed by atoms with van der Waals surface area (Å²) in [4.78, 5) is 8.30. The van der Waals surface area contributed by atoms with Gasteiger partial charge in [-0.25, -0.2) is 4.98 Å². The first kappa shape index (κ1) is 13.2. The summed E-state index contributed by atoms with van der Waals surface area (Å²) >= 11 is 3.37. The SMILES string of the molecule is CCCC(C)COc1nc(NC)ncc1Br. The fourth-order valence-corrected chi connectivity index (χ4v) is 1.68. The van der Waals surface area contributed by atoms with E-state index in [1.807, 2.05) is 0 Å². The fourth-order valence-electron chi connectivity index (χ4n) is 1.37. The average molecular weight is 288 g/mol. The Hall–Kier alpha value is -0.840. The van der Waals surface area contributed by atoms with E-state index in [0.29, 0.717) is 24.4 Å². The third-order valence-corrected chi connectivity index (χ3v) is 2.77. The van der Waals surface area contributed by atoms with Crippen molar-refractivity contribution in [1.29, 1.82) is 0 Å². The second kappa shape index (κ2) is 6.68. The van der Waals surface area contributed by atoms with Crippen molar-refractivity contribution in [3.63, 3.8) is 0 Å². The Morgan fingerprint density at radius 2 is 2.31 bits per heavy atom. The van der Waals surface area contributed by atoms with Crippen LogP contribution in [0.3, 0.4) is 0 Å². The zero-order valence-corrected chi connectivity index (χ0v) is 11.5. The van der Waals surface area contributed by atoms with E-state index in [2.05, 4.69) is 45.1 Å². The molecule has 0 bridgehead atoms. The molecule has 0 spiro atoms. The molecule has 1 aromatic rings. The van der Waals surface area contributed by atoms with Gasteiger partial charge < -0.3 is 10.1 Å². The Balaban J connectivity index is 2.58. The summed E-state index contributed by atoms with van der Waals surface area (Å²) in [5.74, 6) is 1.72. The number of rotatable bonds is 6. The molecule has 16 heavy (non-hydrogen) atoms. The van der Waals surface area contributed by atoms with E-state index in [-0.39, 0.29) is 0 Å². The van der Waals surface area contributed by atoms with Crippen LogP contribution in [0.2, 0.25) is 0 Å². The van der Waals surface area contributed by atoms with E-state index in [9.17, 15) is 0 Å². The van der Waals surface area contributed by atoms with Crippen molar-refractivity contribution in [1.82, 2.24) is 9.97 Å². The summed E-state index contributed by atoms with van der Waals surface area (Å²) < 4.78 is 6.44. The first-order chi connectivity index (χ1) is 7.67. The third kappa shape index (κ3) is 3.96. The van der Waals surface area contributed by atoms with Gasteiger partial charge in [0.15, 0.2) is 0 Å². The van der Waals surface area contributed by atoms with Crippen LogP contribution in [0.25, 0.3) is 0 Å². The van der Waals surface area contributed by atoms with Crippen molar-refractivity contribution >= 4 is 21.9 Å². The van der Waals surface area contributed by atoms with E-state index in [4.69, 9.17) is 4.74 Å². The normalized spacial score (nSPS) is 12.2. The first-order valence-electron chi connectivity index (χ1n) is 5.50. The minimum Gasteiger partial charge on any atom is -0.476 e. The van der Waals surface area contributed by atoms with Gasteiger partial charge in [0.25, 0.3) is 0 Å². The van der Waals surface area contributed by atoms with E-state index in [1.165, 1.54) is 12.8 Å². The predicted molar refractivity (Wildman–Crippen MR) is 68.8 cm³/mol. The van der Waals surface area contributed by atoms with Crippen LogP contribution in [0.15, 0.2) is 10.7 Å². The molecule has 5 heteroatoms. The second-order valence-electron chi connectivity index (χ2n) is 3.80. The maximum Gasteiger partial charge on any atom is 0.232 e. The second-order valence-corrected chi connectivity index (χ2v) is 4.66. The number of hydrogen-bond acceptors (Lipinski definition) is 4. The molecular formula is C11H18BrN3O. The molecule has 1 aromatic heterocycles. The summed E-state index contributed by atoms with van der Waals surface area (Å²) in [7, 11) is 1.78. The molecule has 1 N–H and O–H groups in total. The molecule has 0 fully saturated rings. The van der Waals surface area contributed by atoms with E-state index in [1.54, 1.807) is 13.2 Å². The Kier molecular flexibility index (Phi) is 5.52. The molecular weight excluding hydrogens is 270 g/mol. The van der Waals surface area contributed by atoms with Crippen LogP contribution in [0.5, 0.6) is 5.88 Å². The molecule has 0 aliphatic carbocycles. The van der Waals surface area contributed by atoms with Gasteiger partial charge in [-0.3, -0.25) is 0 Å². The lowest BCUT2D eigenvalue weighted by atomic mass is 10.1. The predicted octanol–water partition coefficient (Wildman–Crippen LogP) is 3.10. The van der Waals surface area contributed by atoms with E-state index >= 15 is 0 Å². The van der Waals surface area contributed by atoms with Gasteiger partial charge in [0, 0.05) is 7.05 Å². The molecule has 1 unspecified atom stereocenters. The Labute approximate surface area is 105 Å². The number of aromatic nitrogens is 2. The van der Waals surface area contributed by atoms with E-state index < -0.39 is 0 Å². The topological polar surface area (TPSA) is 47.0 Å². The lowest BCUT2D eigenvalue weighted by Crippen LogP contribution is -2.10. The maximum atomic E-state index is 5.66. The standard InChI is InChI=1S/C11H18BrN3O/c1-4-5-8(2)7-16-10-9(12)6-14-11(13-3)15-10/h6,8H,4-5,7H2,1-3H3,(H,13,14,15). The highest BCUT2D eigenvalue weighted by Gasteiger charge is 2.08. The van der Waals surface area contributed by atoms with Crippen LogP contribution >= 0.6 is 15.9 Å². The molecule has 0 saturated carbocycles. The van der Waals surface area contributed by atoms with Gasteiger partial charge in [0.2, 0.25) is 11.8 Å². The summed E-state index contributed by atoms with van der Waals surface area (Å²) in [5, 5.41) is 2.88. The number of anilines is 1. The quantitative estimate of drug-likeness (QED) is 0.873. The van der Waals surface area contributed by atoms with Crippen molar-refractivity contribution < 1.29 is 4.74 Å². The summed E-state index contributed by atoms with van der Waals surface area (Å²) in [6, 6.07) is 0. The molecule has 0 aromatic carbocycles. The van der Waals surface area contributed by atoms with Gasteiger partial charge in [-0.05, 0) is 28.3 Å². The van der Waals surface area contributed by atoms with Gasteiger partial charge in [0.1, 0.15) is 0 Å². The van der Waals surface area contributed by atoms with Gasteiger partial charge in [-0.15, -0.1) is 0 Å². The van der Waals surface area contributed by atoms with Gasteiger partial charge in [-0.1, -0.05) is 20.3 Å². The molecule has 0 radical (unpaired) electrons. The Morgan fingerprint density at radius 3 is 2.94 bits per heavy atom. The van der Waals surface area contributed by atoms with Crippen molar-refractivity contribution in [2.24, 2.45) is 5.92 Å². The van der Waals surface area contributed by atoms with E-state index in [0.717, 1.165) is 4.47 Å². The summed E-state index contributed by atoms with van der Waals surface area (Å²) in [6.45, 7) is 5.04. The molecule has 90 valence electrons. The highest BCUT2D eigenvalue weighted by atomic mass is 79.9. The van der Waals surface area contributed by atoms with Crippen molar-refractivity contribution in [2.75, 3.05) is 19.0 Å². The van der Waals surface area contributed by atoms with Crippen molar-refractivity contribution in [3.8, 4) is 5.88 Å². The van der Waals surface area contributed by atoms with Crippen LogP contribution in [0, 0.1) is 5.92 Å². The molecule has 0 aliphatic rings. The Morgan fingerprint density at radius 1 is 1.56 bits per heavy atom. The van der Waals surface area contributed by atoms with Crippen molar-refractivity contribution in [3.05, 3.63) is 10.7 Å². The molecule has 4 nitrogen and oxygen atoms in total. The monoisotopic (exact) mass is 287 g/mol. The highest BCUT2D eigenvalue weighted by Crippen LogP contribution is 2.23. The molecule has 1 rings (SSSR count). The zero-order chi connectivity index (χ0) is 12.0. The zero-order valence-electron chi connectivity index (χ0n) is 9.96. The maximum absolute atomic E-state index is 5.66. The minimum absolute atomic E-state index is 0.546. The van der Waals surface area contributed by atoms with Crippen LogP contribution in [0.4, 0.5) is 5.95 Å². The first-order valence-corrected chi connectivity index (χ1v) is 6.29. The molecule has 0 saturated heterocycles. The van der Waals surface area contributed by atoms with Gasteiger partial charge in [0.05, 0.1) is 17.3 Å². The van der Waals surface area contributed by atoms with Crippen LogP contribution < -0.4 is 10.1 Å². The largest absolute Gasteiger partial charge is 0.476 e. The van der Waals surface area contributed by atoms with Crippen LogP contribution in [-0.4, -0.2) is 23.6 Å². The summed E-state index contributed by atoms with van der Waals surface area (Å²) in [5.41, 5.74) is 0. The molecule has 0 aliphatic heterocycles. The Bertz CT molecular complexity index is 333. The molecule has 1 heterocycles. The molecule has 1 atom stereocenters. The number of ether oxygens (including phenoxy) is 1.